The summed E-state index contributed by atoms with van der Waals surface area (Å²) in [7, 11) is 1.30. The Bertz CT molecular complexity index is 1190. The van der Waals surface area contributed by atoms with Crippen molar-refractivity contribution in [3.8, 4) is 23.1 Å². The molecular formula is C23H25BrFN5O5. The highest BCUT2D eigenvalue weighted by Gasteiger charge is 2.34. The number of ether oxygens (including phenoxy) is 2. The summed E-state index contributed by atoms with van der Waals surface area (Å²) >= 11 is 3.32. The number of hydrogen-bond donors (Lipinski definition) is 1. The van der Waals surface area contributed by atoms with Crippen molar-refractivity contribution in [3.05, 3.63) is 44.2 Å². The maximum absolute atomic E-state index is 14.3. The molecule has 1 N–H and O–H groups in total. The molecule has 10 nitrogen and oxygen atoms in total. The minimum atomic E-state index is -0.730. The predicted molar refractivity (Wildman–Crippen MR) is 130 cm³/mol. The van der Waals surface area contributed by atoms with Crippen LogP contribution >= 0.6 is 15.9 Å². The second-order valence-electron chi connectivity index (χ2n) is 8.95. The van der Waals surface area contributed by atoms with Crippen molar-refractivity contribution >= 4 is 33.5 Å². The van der Waals surface area contributed by atoms with Crippen LogP contribution in [0.5, 0.6) is 5.75 Å². The Morgan fingerprint density at radius 1 is 1.37 bits per heavy atom. The molecule has 12 heteroatoms. The van der Waals surface area contributed by atoms with Crippen LogP contribution in [-0.4, -0.2) is 47.8 Å². The van der Waals surface area contributed by atoms with Crippen LogP contribution in [0.3, 0.4) is 0 Å². The van der Waals surface area contributed by atoms with Gasteiger partial charge in [0.2, 0.25) is 11.6 Å². The van der Waals surface area contributed by atoms with Crippen LogP contribution < -0.4 is 15.0 Å². The fraction of sp³-hybridized carbons (Fsp3) is 0.435. The molecule has 1 amide bonds. The molecule has 0 unspecified atom stereocenters. The van der Waals surface area contributed by atoms with E-state index in [4.69, 9.17) is 14.7 Å². The van der Waals surface area contributed by atoms with Crippen LogP contribution in [0.1, 0.15) is 39.2 Å². The van der Waals surface area contributed by atoms with Gasteiger partial charge in [-0.25, -0.2) is 14.2 Å². The van der Waals surface area contributed by atoms with Gasteiger partial charge in [-0.1, -0.05) is 6.07 Å². The quantitative estimate of drug-likeness (QED) is 0.410. The lowest BCUT2D eigenvalue weighted by Crippen LogP contribution is -2.46. The number of halogens is 2. The Hall–Kier alpha value is -3.46. The van der Waals surface area contributed by atoms with E-state index in [-0.39, 0.29) is 39.0 Å². The van der Waals surface area contributed by atoms with Gasteiger partial charge in [-0.15, -0.1) is 0 Å². The van der Waals surface area contributed by atoms with Crippen molar-refractivity contribution in [3.63, 3.8) is 0 Å². The number of aromatic nitrogens is 1. The number of nitriles is 1. The van der Waals surface area contributed by atoms with Crippen LogP contribution in [0, 0.1) is 27.3 Å². The van der Waals surface area contributed by atoms with Crippen molar-refractivity contribution in [2.24, 2.45) is 0 Å². The highest BCUT2D eigenvalue weighted by molar-refractivity contribution is 9.10. The number of hydrogen-bond acceptors (Lipinski definition) is 8. The lowest BCUT2D eigenvalue weighted by molar-refractivity contribution is -0.385. The summed E-state index contributed by atoms with van der Waals surface area (Å²) in [6.45, 7) is 6.08. The zero-order valence-corrected chi connectivity index (χ0v) is 21.3. The van der Waals surface area contributed by atoms with Gasteiger partial charge in [0.25, 0.3) is 0 Å². The number of nitrogens with zero attached hydrogens (tertiary/aromatic N) is 4. The number of benzene rings is 1. The van der Waals surface area contributed by atoms with Gasteiger partial charge in [0.15, 0.2) is 0 Å². The number of piperidine rings is 1. The van der Waals surface area contributed by atoms with E-state index in [0.717, 1.165) is 6.07 Å². The largest absolute Gasteiger partial charge is 0.489 e. The van der Waals surface area contributed by atoms with Gasteiger partial charge >= 0.3 is 11.8 Å². The molecule has 0 bridgehead atoms. The Labute approximate surface area is 210 Å². The number of carbonyl (C=O) groups is 1. The first-order valence-corrected chi connectivity index (χ1v) is 11.6. The molecular weight excluding hydrogens is 525 g/mol. The molecule has 0 aliphatic carbocycles. The smallest absolute Gasteiger partial charge is 0.407 e. The van der Waals surface area contributed by atoms with Crippen molar-refractivity contribution in [1.29, 1.82) is 5.26 Å². The molecule has 1 fully saturated rings. The third kappa shape index (κ3) is 5.97. The molecule has 2 heterocycles. The van der Waals surface area contributed by atoms with Crippen molar-refractivity contribution in [2.45, 2.75) is 45.3 Å². The fourth-order valence-electron chi connectivity index (χ4n) is 3.75. The maximum Gasteiger partial charge on any atom is 0.407 e. The van der Waals surface area contributed by atoms with Crippen LogP contribution in [-0.2, 0) is 4.74 Å². The van der Waals surface area contributed by atoms with E-state index < -0.39 is 22.4 Å². The monoisotopic (exact) mass is 549 g/mol. The van der Waals surface area contributed by atoms with Crippen molar-refractivity contribution in [2.75, 3.05) is 25.1 Å². The van der Waals surface area contributed by atoms with Crippen molar-refractivity contribution < 1.29 is 23.6 Å². The minimum absolute atomic E-state index is 0.0474. The van der Waals surface area contributed by atoms with Crippen molar-refractivity contribution in [1.82, 2.24) is 10.3 Å². The van der Waals surface area contributed by atoms with Gasteiger partial charge in [-0.05, 0) is 61.7 Å². The first-order chi connectivity index (χ1) is 16.4. The lowest BCUT2D eigenvalue weighted by atomic mass is 10.0. The highest BCUT2D eigenvalue weighted by atomic mass is 79.9. The van der Waals surface area contributed by atoms with E-state index in [0.29, 0.717) is 31.5 Å². The molecule has 0 spiro atoms. The molecule has 186 valence electrons. The molecule has 1 aliphatic rings. The summed E-state index contributed by atoms with van der Waals surface area (Å²) in [5, 5.41) is 23.8. The van der Waals surface area contributed by atoms with Gasteiger partial charge in [-0.2, -0.15) is 5.26 Å². The molecule has 1 aromatic carbocycles. The van der Waals surface area contributed by atoms with Crippen LogP contribution in [0.4, 0.5) is 20.7 Å². The summed E-state index contributed by atoms with van der Waals surface area (Å²) in [6.07, 6.45) is 0.504. The maximum atomic E-state index is 14.3. The van der Waals surface area contributed by atoms with Crippen LogP contribution in [0.15, 0.2) is 22.7 Å². The number of methoxy groups -OCH3 is 1. The standard InChI is InChI=1S/C23H25BrFN5O5/c1-23(2,3)35-22(31)27-15-7-9-29(10-8-15)21-19(30(32)33)20(34-4)17(24)18(28-21)13-5-6-14(12-26)16(25)11-13/h5-6,11,15H,7-10H2,1-4H3,(H,27,31). The van der Waals surface area contributed by atoms with E-state index in [1.165, 1.54) is 19.2 Å². The van der Waals surface area contributed by atoms with Gasteiger partial charge in [0.1, 0.15) is 17.5 Å². The number of rotatable bonds is 5. The topological polar surface area (TPSA) is 131 Å². The molecule has 2 aromatic rings. The fourth-order valence-corrected chi connectivity index (χ4v) is 4.41. The molecule has 1 aromatic heterocycles. The Kier molecular flexibility index (Phi) is 7.80. The van der Waals surface area contributed by atoms with E-state index >= 15 is 0 Å². The molecule has 0 saturated carbocycles. The number of nitro groups is 1. The Balaban J connectivity index is 1.94. The average Bonchev–Trinajstić information content (AvgIpc) is 2.77. The predicted octanol–water partition coefficient (Wildman–Crippen LogP) is 4.93. The zero-order chi connectivity index (χ0) is 25.9. The summed E-state index contributed by atoms with van der Waals surface area (Å²) in [4.78, 5) is 29.8. The SMILES string of the molecule is COc1c(Br)c(-c2ccc(C#N)c(F)c2)nc(N2CCC(NC(=O)OC(C)(C)C)CC2)c1[N+](=O)[O-]. The van der Waals surface area contributed by atoms with Crippen LogP contribution in [0.25, 0.3) is 11.3 Å². The van der Waals surface area contributed by atoms with Gasteiger partial charge in [0, 0.05) is 24.7 Å². The summed E-state index contributed by atoms with van der Waals surface area (Å²) < 4.78 is 25.1. The molecule has 0 atom stereocenters. The average molecular weight is 550 g/mol. The molecule has 3 rings (SSSR count). The number of pyridine rings is 1. The van der Waals surface area contributed by atoms with E-state index in [1.54, 1.807) is 31.7 Å². The lowest BCUT2D eigenvalue weighted by Gasteiger charge is -2.33. The van der Waals surface area contributed by atoms with E-state index in [9.17, 15) is 19.3 Å². The molecule has 35 heavy (non-hydrogen) atoms. The number of alkyl carbamates (subject to hydrolysis) is 1. The first-order valence-electron chi connectivity index (χ1n) is 10.8. The number of carbonyl (C=O) groups excluding carboxylic acids is 1. The van der Waals surface area contributed by atoms with E-state index in [2.05, 4.69) is 26.2 Å². The van der Waals surface area contributed by atoms with E-state index in [1.807, 2.05) is 0 Å². The van der Waals surface area contributed by atoms with Gasteiger partial charge in [-0.3, -0.25) is 10.1 Å². The zero-order valence-electron chi connectivity index (χ0n) is 19.7. The summed E-state index contributed by atoms with van der Waals surface area (Å²) in [6, 6.07) is 5.58. The third-order valence-corrected chi connectivity index (χ3v) is 6.05. The highest BCUT2D eigenvalue weighted by Crippen LogP contribution is 2.46. The third-order valence-electron chi connectivity index (χ3n) is 5.32. The summed E-state index contributed by atoms with van der Waals surface area (Å²) in [5.74, 6) is -0.703. The normalized spacial score (nSPS) is 14.3. The second-order valence-corrected chi connectivity index (χ2v) is 9.74. The summed E-state index contributed by atoms with van der Waals surface area (Å²) in [5.41, 5.74) is -0.511. The first kappa shape index (κ1) is 26.2. The number of amides is 1. The van der Waals surface area contributed by atoms with Gasteiger partial charge in [0.05, 0.1) is 27.8 Å². The number of nitrogens with one attached hydrogen (secondary N) is 1. The minimum Gasteiger partial charge on any atom is -0.489 e. The Morgan fingerprint density at radius 2 is 2.03 bits per heavy atom. The second kappa shape index (κ2) is 10.4. The Morgan fingerprint density at radius 3 is 2.54 bits per heavy atom. The molecule has 1 saturated heterocycles. The van der Waals surface area contributed by atoms with Gasteiger partial charge < -0.3 is 19.7 Å². The molecule has 1 aliphatic heterocycles. The van der Waals surface area contributed by atoms with Crippen LogP contribution in [0.2, 0.25) is 0 Å². The number of anilines is 1. The molecule has 0 radical (unpaired) electrons.